The van der Waals surface area contributed by atoms with Crippen LogP contribution in [0.5, 0.6) is 0 Å². The highest BCUT2D eigenvalue weighted by molar-refractivity contribution is 5.99. The molecule has 2 amide bonds. The molecule has 36 heavy (non-hydrogen) atoms. The molecule has 1 aliphatic heterocycles. The lowest BCUT2D eigenvalue weighted by atomic mass is 10.1. The summed E-state index contributed by atoms with van der Waals surface area (Å²) in [5.41, 5.74) is 0.874. The minimum absolute atomic E-state index is 0.0415. The summed E-state index contributed by atoms with van der Waals surface area (Å²) >= 11 is 0. The van der Waals surface area contributed by atoms with Gasteiger partial charge in [0.1, 0.15) is 11.1 Å². The molecule has 0 spiro atoms. The van der Waals surface area contributed by atoms with Crippen LogP contribution in [0, 0.1) is 0 Å². The van der Waals surface area contributed by atoms with E-state index in [1.165, 1.54) is 5.56 Å². The molecule has 1 saturated carbocycles. The van der Waals surface area contributed by atoms with Crippen LogP contribution in [0.1, 0.15) is 78.3 Å². The molecule has 192 valence electrons. The number of pyridine rings is 1. The third kappa shape index (κ3) is 6.32. The number of hydrogen-bond acceptors (Lipinski definition) is 4. The molecule has 2 heterocycles. The van der Waals surface area contributed by atoms with Gasteiger partial charge in [-0.05, 0) is 31.7 Å². The van der Waals surface area contributed by atoms with Gasteiger partial charge in [0.25, 0.3) is 11.8 Å². The van der Waals surface area contributed by atoms with Gasteiger partial charge in [0.05, 0.1) is 0 Å². The van der Waals surface area contributed by atoms with E-state index >= 15 is 0 Å². The number of benzene rings is 1. The average molecular weight is 491 g/mol. The third-order valence-electron chi connectivity index (χ3n) is 7.39. The summed E-state index contributed by atoms with van der Waals surface area (Å²) in [7, 11) is 0. The SMILES string of the molecule is CCC(C)NC(=O)c1cn(C2CCCC2)cc(C(=O)N2CCN(CC=Cc3ccccc3)CC2)c1=O. The van der Waals surface area contributed by atoms with Crippen molar-refractivity contribution < 1.29 is 9.59 Å². The quantitative estimate of drug-likeness (QED) is 0.608. The summed E-state index contributed by atoms with van der Waals surface area (Å²) < 4.78 is 1.94. The zero-order chi connectivity index (χ0) is 25.5. The first-order chi connectivity index (χ1) is 17.5. The van der Waals surface area contributed by atoms with E-state index in [0.29, 0.717) is 13.1 Å². The van der Waals surface area contributed by atoms with E-state index in [2.05, 4.69) is 34.5 Å². The molecule has 0 bridgehead atoms. The van der Waals surface area contributed by atoms with E-state index < -0.39 is 11.3 Å². The highest BCUT2D eigenvalue weighted by Crippen LogP contribution is 2.29. The van der Waals surface area contributed by atoms with Crippen LogP contribution in [0.3, 0.4) is 0 Å². The number of piperazine rings is 1. The Morgan fingerprint density at radius 1 is 1.03 bits per heavy atom. The van der Waals surface area contributed by atoms with Crippen molar-refractivity contribution in [3.8, 4) is 0 Å². The number of amides is 2. The molecule has 7 heteroatoms. The molecule has 2 fully saturated rings. The highest BCUT2D eigenvalue weighted by atomic mass is 16.2. The van der Waals surface area contributed by atoms with Gasteiger partial charge in [-0.2, -0.15) is 0 Å². The Balaban J connectivity index is 1.46. The molecule has 1 unspecified atom stereocenters. The second-order valence-corrected chi connectivity index (χ2v) is 9.99. The summed E-state index contributed by atoms with van der Waals surface area (Å²) in [6, 6.07) is 10.4. The standard InChI is InChI=1S/C29H38N4O3/c1-3-22(2)30-28(35)25-20-33(24-13-7-8-14-24)21-26(27(25)34)29(36)32-18-16-31(17-19-32)15-9-12-23-10-5-4-6-11-23/h4-6,9-12,20-22,24H,3,7-8,13-19H2,1-2H3,(H,30,35). The van der Waals surface area contributed by atoms with Crippen molar-refractivity contribution in [2.45, 2.75) is 58.0 Å². The van der Waals surface area contributed by atoms with Crippen LogP contribution >= 0.6 is 0 Å². The molecule has 1 aromatic heterocycles. The Kier molecular flexibility index (Phi) is 8.75. The predicted molar refractivity (Wildman–Crippen MR) is 143 cm³/mol. The van der Waals surface area contributed by atoms with Gasteiger partial charge >= 0.3 is 0 Å². The summed E-state index contributed by atoms with van der Waals surface area (Å²) in [5, 5.41) is 2.90. The number of carbonyl (C=O) groups is 2. The van der Waals surface area contributed by atoms with E-state index in [9.17, 15) is 14.4 Å². The fourth-order valence-electron chi connectivity index (χ4n) is 4.93. The molecule has 0 radical (unpaired) electrons. The number of carbonyl (C=O) groups excluding carboxylic acids is 2. The minimum atomic E-state index is -0.469. The largest absolute Gasteiger partial charge is 0.349 e. The maximum absolute atomic E-state index is 13.5. The Morgan fingerprint density at radius 2 is 1.69 bits per heavy atom. The van der Waals surface area contributed by atoms with Gasteiger partial charge in [-0.3, -0.25) is 19.3 Å². The number of nitrogens with zero attached hydrogens (tertiary/aromatic N) is 3. The topological polar surface area (TPSA) is 74.7 Å². The smallest absolute Gasteiger partial charge is 0.259 e. The van der Waals surface area contributed by atoms with Crippen LogP contribution in [0.25, 0.3) is 6.08 Å². The van der Waals surface area contributed by atoms with E-state index in [-0.39, 0.29) is 29.1 Å². The van der Waals surface area contributed by atoms with Crippen molar-refractivity contribution in [1.82, 2.24) is 19.7 Å². The van der Waals surface area contributed by atoms with Gasteiger partial charge in [0.2, 0.25) is 5.43 Å². The summed E-state index contributed by atoms with van der Waals surface area (Å²) in [4.78, 5) is 43.8. The maximum Gasteiger partial charge on any atom is 0.259 e. The molecular formula is C29H38N4O3. The lowest BCUT2D eigenvalue weighted by Gasteiger charge is -2.34. The second kappa shape index (κ2) is 12.2. The van der Waals surface area contributed by atoms with E-state index in [1.807, 2.05) is 36.6 Å². The Morgan fingerprint density at radius 3 is 2.36 bits per heavy atom. The Labute approximate surface area is 213 Å². The fourth-order valence-corrected chi connectivity index (χ4v) is 4.93. The van der Waals surface area contributed by atoms with Crippen molar-refractivity contribution in [3.63, 3.8) is 0 Å². The number of aromatic nitrogens is 1. The molecular weight excluding hydrogens is 452 g/mol. The summed E-state index contributed by atoms with van der Waals surface area (Å²) in [5.74, 6) is -0.671. The normalized spacial score (nSPS) is 18.0. The lowest BCUT2D eigenvalue weighted by molar-refractivity contribution is 0.0648. The van der Waals surface area contributed by atoms with Gasteiger partial charge in [-0.15, -0.1) is 0 Å². The molecule has 1 N–H and O–H groups in total. The van der Waals surface area contributed by atoms with Gasteiger partial charge in [-0.1, -0.05) is 62.2 Å². The number of hydrogen-bond donors (Lipinski definition) is 1. The van der Waals surface area contributed by atoms with Crippen molar-refractivity contribution in [2.75, 3.05) is 32.7 Å². The van der Waals surface area contributed by atoms with Crippen LogP contribution in [0.4, 0.5) is 0 Å². The van der Waals surface area contributed by atoms with Crippen LogP contribution < -0.4 is 10.7 Å². The van der Waals surface area contributed by atoms with Crippen molar-refractivity contribution in [3.05, 3.63) is 75.7 Å². The second-order valence-electron chi connectivity index (χ2n) is 9.99. The van der Waals surface area contributed by atoms with Gasteiger partial charge in [0, 0.05) is 57.2 Å². The van der Waals surface area contributed by atoms with Crippen molar-refractivity contribution in [2.24, 2.45) is 0 Å². The van der Waals surface area contributed by atoms with E-state index in [4.69, 9.17) is 0 Å². The molecule has 7 nitrogen and oxygen atoms in total. The minimum Gasteiger partial charge on any atom is -0.349 e. The molecule has 1 saturated heterocycles. The molecule has 2 aromatic rings. The van der Waals surface area contributed by atoms with Gasteiger partial charge in [0.15, 0.2) is 0 Å². The predicted octanol–water partition coefficient (Wildman–Crippen LogP) is 3.96. The molecule has 4 rings (SSSR count). The van der Waals surface area contributed by atoms with E-state index in [0.717, 1.165) is 51.7 Å². The van der Waals surface area contributed by atoms with Crippen molar-refractivity contribution >= 4 is 17.9 Å². The zero-order valence-electron chi connectivity index (χ0n) is 21.5. The maximum atomic E-state index is 13.5. The number of rotatable bonds is 8. The van der Waals surface area contributed by atoms with Crippen LogP contribution in [0.15, 0.2) is 53.6 Å². The monoisotopic (exact) mass is 490 g/mol. The third-order valence-corrected chi connectivity index (χ3v) is 7.39. The van der Waals surface area contributed by atoms with Crippen LogP contribution in [-0.4, -0.2) is 64.9 Å². The van der Waals surface area contributed by atoms with Crippen LogP contribution in [-0.2, 0) is 0 Å². The summed E-state index contributed by atoms with van der Waals surface area (Å²) in [6.07, 6.45) is 12.6. The number of nitrogens with one attached hydrogen (secondary N) is 1. The Bertz CT molecular complexity index is 1130. The molecule has 1 aromatic carbocycles. The van der Waals surface area contributed by atoms with E-state index in [1.54, 1.807) is 17.3 Å². The van der Waals surface area contributed by atoms with Crippen LogP contribution in [0.2, 0.25) is 0 Å². The summed E-state index contributed by atoms with van der Waals surface area (Å²) in [6.45, 7) is 7.33. The first-order valence-electron chi connectivity index (χ1n) is 13.3. The van der Waals surface area contributed by atoms with Gasteiger partial charge in [-0.25, -0.2) is 0 Å². The van der Waals surface area contributed by atoms with Crippen molar-refractivity contribution in [1.29, 1.82) is 0 Å². The highest BCUT2D eigenvalue weighted by Gasteiger charge is 2.28. The lowest BCUT2D eigenvalue weighted by Crippen LogP contribution is -2.49. The molecule has 2 aliphatic rings. The van der Waals surface area contributed by atoms with Gasteiger partial charge < -0.3 is 14.8 Å². The first kappa shape index (κ1) is 25.9. The molecule has 1 atom stereocenters. The zero-order valence-corrected chi connectivity index (χ0v) is 21.5. The first-order valence-corrected chi connectivity index (χ1v) is 13.3. The Hall–Kier alpha value is -3.19. The molecule has 1 aliphatic carbocycles. The average Bonchev–Trinajstić information content (AvgIpc) is 3.44. The fraction of sp³-hybridized carbons (Fsp3) is 0.483.